The number of nitrogens with zero attached hydrogens (tertiary/aromatic N) is 1. The van der Waals surface area contributed by atoms with E-state index in [9.17, 15) is 6.85 Å². The van der Waals surface area contributed by atoms with Crippen LogP contribution in [-0.4, -0.2) is 4.57 Å². The molecule has 0 saturated carbocycles. The fourth-order valence-electron chi connectivity index (χ4n) is 6.57. The first-order valence-corrected chi connectivity index (χ1v) is 16.0. The lowest BCUT2D eigenvalue weighted by Gasteiger charge is -2.15. The lowest BCUT2D eigenvalue weighted by molar-refractivity contribution is 0.669. The zero-order valence-electron chi connectivity index (χ0n) is 42.2. The minimum atomic E-state index is -1.69. The number of allylic oxidation sites excluding steroid dienone is 4. The van der Waals surface area contributed by atoms with Crippen LogP contribution in [0.5, 0.6) is 0 Å². The van der Waals surface area contributed by atoms with Crippen LogP contribution in [0, 0.1) is 0 Å². The molecular formula is C48H33NO. The molecule has 0 saturated heterocycles. The van der Waals surface area contributed by atoms with Crippen molar-refractivity contribution in [3.05, 3.63) is 187 Å². The Morgan fingerprint density at radius 1 is 0.560 bits per heavy atom. The van der Waals surface area contributed by atoms with E-state index < -0.39 is 114 Å². The van der Waals surface area contributed by atoms with Gasteiger partial charge in [0.15, 0.2) is 0 Å². The molecule has 1 aliphatic carbocycles. The number of para-hydroxylation sites is 1. The van der Waals surface area contributed by atoms with Crippen molar-refractivity contribution in [3.8, 4) is 39.1 Å². The van der Waals surface area contributed by atoms with Gasteiger partial charge in [-0.25, -0.2) is 0 Å². The van der Waals surface area contributed by atoms with E-state index in [2.05, 4.69) is 6.07 Å². The SMILES string of the molecule is [2H]C1=C([2H])C([2H])C(c2c([2H])c([2H])c3c4c([2H])c([2H])c(-c5c([2H])c([2H])c([2H])c([2H])c5[2H])c([2H])c4n(-c4ccc(-c5ccc(-c6ccc7oc8ccccc8c7c6)cc5)cc4)c3c2[2H])C([2H])=C1[2H]. The van der Waals surface area contributed by atoms with Crippen molar-refractivity contribution in [3.63, 3.8) is 0 Å². The molecule has 10 rings (SSSR count). The first kappa shape index (κ1) is 16.8. The van der Waals surface area contributed by atoms with E-state index in [4.69, 9.17) is 19.5 Å². The van der Waals surface area contributed by atoms with Gasteiger partial charge in [-0.2, -0.15) is 0 Å². The third-order valence-electron chi connectivity index (χ3n) is 9.03. The van der Waals surface area contributed by atoms with E-state index in [1.54, 1.807) is 24.3 Å². The molecule has 2 atom stereocenters. The molecule has 9 aromatic rings. The Morgan fingerprint density at radius 3 is 2.06 bits per heavy atom. The number of fused-ring (bicyclic) bond motifs is 6. The number of aromatic nitrogens is 1. The smallest absolute Gasteiger partial charge is 0.135 e. The van der Waals surface area contributed by atoms with Gasteiger partial charge in [0.2, 0.25) is 0 Å². The van der Waals surface area contributed by atoms with Gasteiger partial charge < -0.3 is 8.98 Å². The van der Waals surface area contributed by atoms with Crippen molar-refractivity contribution in [1.29, 1.82) is 0 Å². The van der Waals surface area contributed by atoms with Crippen LogP contribution in [0.25, 0.3) is 82.8 Å². The maximum absolute atomic E-state index is 9.70. The van der Waals surface area contributed by atoms with E-state index in [1.807, 2.05) is 60.7 Å². The van der Waals surface area contributed by atoms with Crippen LogP contribution < -0.4 is 0 Å². The summed E-state index contributed by atoms with van der Waals surface area (Å²) in [6, 6.07) is 19.0. The van der Waals surface area contributed by atoms with Crippen LogP contribution in [0.2, 0.25) is 0 Å². The van der Waals surface area contributed by atoms with Gasteiger partial charge in [-0.05, 0) is 87.8 Å². The Labute approximate surface area is 313 Å². The normalized spacial score (nSPS) is 21.1. The highest BCUT2D eigenvalue weighted by Gasteiger charge is 2.17. The zero-order chi connectivity index (χ0) is 46.9. The van der Waals surface area contributed by atoms with E-state index >= 15 is 0 Å². The molecule has 2 nitrogen and oxygen atoms in total. The Balaban J connectivity index is 1.19. The highest BCUT2D eigenvalue weighted by atomic mass is 16.3. The van der Waals surface area contributed by atoms with Crippen molar-refractivity contribution in [2.75, 3.05) is 0 Å². The summed E-state index contributed by atoms with van der Waals surface area (Å²) in [6.45, 7) is 0. The molecule has 0 fully saturated rings. The largest absolute Gasteiger partial charge is 0.456 e. The van der Waals surface area contributed by atoms with E-state index in [1.165, 1.54) is 4.57 Å². The Kier molecular flexibility index (Phi) is 3.92. The maximum atomic E-state index is 9.70. The van der Waals surface area contributed by atoms with Crippen LogP contribution >= 0.6 is 0 Å². The van der Waals surface area contributed by atoms with Gasteiger partial charge in [0.05, 0.1) is 31.6 Å². The van der Waals surface area contributed by atoms with Gasteiger partial charge in [-0.15, -0.1) is 0 Å². The first-order chi connectivity index (χ1) is 31.4. The standard InChI is InChI=1S/C48H33NO/c1-3-9-32(10-4-1)38-21-26-41-42-27-22-39(33-11-5-2-6-12-33)31-46(42)49(45(41)30-38)40-24-19-35(20-25-40)34-15-17-36(18-16-34)37-23-28-48-44(29-37)43-13-7-8-14-47(43)50-48/h1-11,13-31,33H,12H2/i1D,2D,3D,4D,5D,6D,9D,10D,11D,12D,21D,22D,26D,27D,30D,31D. The molecule has 0 aliphatic heterocycles. The number of hydrogen-bond acceptors (Lipinski definition) is 1. The van der Waals surface area contributed by atoms with Gasteiger partial charge in [0.1, 0.15) is 11.2 Å². The van der Waals surface area contributed by atoms with Crippen molar-refractivity contribution in [1.82, 2.24) is 4.57 Å². The lowest BCUT2D eigenvalue weighted by Crippen LogP contribution is -1.98. The monoisotopic (exact) mass is 655 g/mol. The molecule has 236 valence electrons. The van der Waals surface area contributed by atoms with E-state index in [0.717, 1.165) is 44.2 Å². The van der Waals surface area contributed by atoms with Gasteiger partial charge in [0, 0.05) is 34.5 Å². The molecule has 7 aromatic carbocycles. The van der Waals surface area contributed by atoms with E-state index in [-0.39, 0.29) is 33.1 Å². The minimum absolute atomic E-state index is 0.154. The van der Waals surface area contributed by atoms with Crippen molar-refractivity contribution in [2.24, 2.45) is 0 Å². The highest BCUT2D eigenvalue weighted by molar-refractivity contribution is 6.10. The van der Waals surface area contributed by atoms with Crippen LogP contribution in [0.4, 0.5) is 0 Å². The quantitative estimate of drug-likeness (QED) is 0.180. The predicted octanol–water partition coefficient (Wildman–Crippen LogP) is 13.3. The fraction of sp³-hybridized carbons (Fsp3) is 0.0417. The second-order valence-electron chi connectivity index (χ2n) is 11.9. The first-order valence-electron chi connectivity index (χ1n) is 24.1. The van der Waals surface area contributed by atoms with Gasteiger partial charge >= 0.3 is 0 Å². The average Bonchev–Trinajstić information content (AvgIpc) is 3.89. The van der Waals surface area contributed by atoms with Crippen molar-refractivity contribution in [2.45, 2.75) is 12.3 Å². The van der Waals surface area contributed by atoms with Gasteiger partial charge in [-0.3, -0.25) is 0 Å². The number of furan rings is 1. The molecule has 50 heavy (non-hydrogen) atoms. The summed E-state index contributed by atoms with van der Waals surface area (Å²) in [5.41, 5.74) is 3.77. The molecule has 1 aliphatic rings. The molecule has 0 bridgehead atoms. The summed E-state index contributed by atoms with van der Waals surface area (Å²) < 4.78 is 149. The fourth-order valence-corrected chi connectivity index (χ4v) is 6.57. The number of hydrogen-bond donors (Lipinski definition) is 0. The third-order valence-corrected chi connectivity index (χ3v) is 9.03. The van der Waals surface area contributed by atoms with Gasteiger partial charge in [0.25, 0.3) is 0 Å². The van der Waals surface area contributed by atoms with Crippen LogP contribution in [-0.2, 0) is 0 Å². The molecule has 2 aromatic heterocycles. The zero-order valence-corrected chi connectivity index (χ0v) is 26.2. The van der Waals surface area contributed by atoms with Crippen LogP contribution in [0.1, 0.15) is 39.8 Å². The summed E-state index contributed by atoms with van der Waals surface area (Å²) in [5, 5.41) is 1.63. The molecular weight excluding hydrogens is 607 g/mol. The molecule has 0 radical (unpaired) electrons. The second-order valence-corrected chi connectivity index (χ2v) is 11.9. The summed E-state index contributed by atoms with van der Waals surface area (Å²) in [5.74, 6) is -1.58. The summed E-state index contributed by atoms with van der Waals surface area (Å²) >= 11 is 0. The number of benzene rings is 7. The molecule has 2 heteroatoms. The van der Waals surface area contributed by atoms with Crippen molar-refractivity contribution < 1.29 is 26.3 Å². The third kappa shape index (κ3) is 4.80. The minimum Gasteiger partial charge on any atom is -0.456 e. The topological polar surface area (TPSA) is 18.1 Å². The molecule has 0 spiro atoms. The second kappa shape index (κ2) is 11.6. The summed E-state index contributed by atoms with van der Waals surface area (Å²) in [6.07, 6.45) is -1.69. The van der Waals surface area contributed by atoms with E-state index in [0.29, 0.717) is 0 Å². The molecule has 2 unspecified atom stereocenters. The molecule has 2 heterocycles. The summed E-state index contributed by atoms with van der Waals surface area (Å²) in [7, 11) is 0. The lowest BCUT2D eigenvalue weighted by atomic mass is 9.92. The Bertz CT molecular complexity index is 3630. The summed E-state index contributed by atoms with van der Waals surface area (Å²) in [4.78, 5) is 0. The van der Waals surface area contributed by atoms with Crippen LogP contribution in [0.3, 0.4) is 0 Å². The van der Waals surface area contributed by atoms with Crippen LogP contribution in [0.15, 0.2) is 186 Å². The molecule has 0 amide bonds. The Morgan fingerprint density at radius 2 is 1.24 bits per heavy atom. The molecule has 0 N–H and O–H groups in total. The van der Waals surface area contributed by atoms with Crippen molar-refractivity contribution >= 4 is 43.7 Å². The van der Waals surface area contributed by atoms with Gasteiger partial charge in [-0.1, -0.05) is 139 Å². The maximum Gasteiger partial charge on any atom is 0.135 e. The number of rotatable bonds is 5. The predicted molar refractivity (Wildman–Crippen MR) is 210 cm³/mol. The Hall–Kier alpha value is -6.38. The highest BCUT2D eigenvalue weighted by Crippen LogP contribution is 2.38. The average molecular weight is 656 g/mol.